The number of nitrogens with two attached hydrogens (primary N) is 2. The second-order valence-corrected chi connectivity index (χ2v) is 5.23. The molecular weight excluding hydrogens is 308 g/mol. The quantitative estimate of drug-likeness (QED) is 0.221. The number of allylic oxidation sites excluding steroid dienone is 1. The molecule has 5 N–H and O–H groups in total. The van der Waals surface area contributed by atoms with Crippen molar-refractivity contribution >= 4 is 0 Å². The number of nitrogens with one attached hydrogen (secondary N) is 1. The summed E-state index contributed by atoms with van der Waals surface area (Å²) in [5.41, 5.74) is 6.58. The summed E-state index contributed by atoms with van der Waals surface area (Å²) >= 11 is 0. The van der Waals surface area contributed by atoms with Gasteiger partial charge >= 0.3 is 0 Å². The zero-order valence-corrected chi connectivity index (χ0v) is 19.0. The molecule has 4 heteroatoms. The van der Waals surface area contributed by atoms with E-state index in [1.54, 1.807) is 5.01 Å². The molecule has 0 heterocycles. The third-order valence-corrected chi connectivity index (χ3v) is 3.33. The minimum atomic E-state index is 0.851. The minimum absolute atomic E-state index is 0.851. The third kappa shape index (κ3) is 35.3. The summed E-state index contributed by atoms with van der Waals surface area (Å²) in [5, 5.41) is 4.90. The van der Waals surface area contributed by atoms with Crippen LogP contribution in [0.3, 0.4) is 0 Å². The van der Waals surface area contributed by atoms with Gasteiger partial charge in [0.05, 0.1) is 0 Å². The first kappa shape index (κ1) is 32.0. The molecule has 0 rings (SSSR count). The topological polar surface area (TPSA) is 67.3 Å². The summed E-state index contributed by atoms with van der Waals surface area (Å²) in [5.74, 6) is 5.83. The molecule has 25 heavy (non-hydrogen) atoms. The number of rotatable bonds is 13. The van der Waals surface area contributed by atoms with Crippen LogP contribution in [0.15, 0.2) is 11.9 Å². The van der Waals surface area contributed by atoms with Gasteiger partial charge in [-0.2, -0.15) is 0 Å². The Bertz CT molecular complexity index is 218. The largest absolute Gasteiger partial charge is 0.401 e. The molecule has 0 saturated carbocycles. The van der Waals surface area contributed by atoms with Gasteiger partial charge in [0.15, 0.2) is 0 Å². The monoisotopic (exact) mass is 360 g/mol. The van der Waals surface area contributed by atoms with E-state index < -0.39 is 0 Å². The minimum Gasteiger partial charge on any atom is -0.401 e. The van der Waals surface area contributed by atoms with E-state index in [0.717, 1.165) is 31.6 Å². The van der Waals surface area contributed by atoms with Crippen LogP contribution in [-0.2, 0) is 0 Å². The number of hydrazine groups is 1. The second kappa shape index (κ2) is 34.6. The maximum atomic E-state index is 5.83. The predicted molar refractivity (Wildman–Crippen MR) is 118 cm³/mol. The van der Waals surface area contributed by atoms with E-state index in [1.807, 2.05) is 61.7 Å². The molecule has 0 radical (unpaired) electrons. The highest BCUT2D eigenvalue weighted by Crippen LogP contribution is 2.08. The summed E-state index contributed by atoms with van der Waals surface area (Å²) in [6, 6.07) is 0. The molecule has 0 spiro atoms. The Labute approximate surface area is 160 Å². The molecule has 0 saturated heterocycles. The van der Waals surface area contributed by atoms with Crippen LogP contribution >= 0.6 is 0 Å². The smallest absolute Gasteiger partial charge is 0.0342 e. The van der Waals surface area contributed by atoms with E-state index in [9.17, 15) is 0 Å². The Balaban J connectivity index is -0.000000329. The fraction of sp³-hybridized carbons (Fsp3) is 0.905. The van der Waals surface area contributed by atoms with Crippen LogP contribution in [0.2, 0.25) is 0 Å². The third-order valence-electron chi connectivity index (χ3n) is 3.33. The van der Waals surface area contributed by atoms with Crippen LogP contribution in [0, 0.1) is 0 Å². The molecule has 0 unspecified atom stereocenters. The van der Waals surface area contributed by atoms with Gasteiger partial charge in [-0.25, -0.2) is 5.84 Å². The zero-order chi connectivity index (χ0) is 20.3. The molecule has 0 aliphatic rings. The van der Waals surface area contributed by atoms with Crippen molar-refractivity contribution in [3.8, 4) is 0 Å². The fourth-order valence-corrected chi connectivity index (χ4v) is 2.03. The lowest BCUT2D eigenvalue weighted by atomic mass is 10.1. The molecule has 0 aromatic carbocycles. The lowest BCUT2D eigenvalue weighted by molar-refractivity contribution is 0.372. The van der Waals surface area contributed by atoms with Crippen molar-refractivity contribution in [3.05, 3.63) is 11.9 Å². The highest BCUT2D eigenvalue weighted by molar-refractivity contribution is 4.93. The first-order valence-corrected chi connectivity index (χ1v) is 10.8. The Kier molecular flexibility index (Phi) is 44.2. The van der Waals surface area contributed by atoms with Gasteiger partial charge in [-0.1, -0.05) is 87.0 Å². The van der Waals surface area contributed by atoms with E-state index in [0.29, 0.717) is 0 Å². The predicted octanol–water partition coefficient (Wildman–Crippen LogP) is 5.79. The van der Waals surface area contributed by atoms with Crippen molar-refractivity contribution < 1.29 is 0 Å². The van der Waals surface area contributed by atoms with Gasteiger partial charge in [0.25, 0.3) is 0 Å². The Morgan fingerprint density at radius 2 is 1.20 bits per heavy atom. The van der Waals surface area contributed by atoms with Crippen molar-refractivity contribution in [1.29, 1.82) is 0 Å². The molecule has 0 aromatic rings. The SMILES string of the molecule is CC.CC.CC.CC/C(N)=C/N(N)CCCCCCCCCCNC. The van der Waals surface area contributed by atoms with E-state index in [4.69, 9.17) is 11.6 Å². The number of nitrogens with zero attached hydrogens (tertiary/aromatic N) is 1. The van der Waals surface area contributed by atoms with Gasteiger partial charge in [0.2, 0.25) is 0 Å². The van der Waals surface area contributed by atoms with Crippen molar-refractivity contribution in [2.24, 2.45) is 11.6 Å². The number of hydrogen-bond donors (Lipinski definition) is 3. The summed E-state index contributed by atoms with van der Waals surface area (Å²) < 4.78 is 0. The standard InChI is InChI=1S/C15H34N4.3C2H6/c1-3-15(16)14-19(17)13-11-9-7-5-4-6-8-10-12-18-2;3*1-2/h14,18H,3-13,16-17H2,1-2H3;3*1-2H3/b15-14-;;;. The molecule has 0 aliphatic heterocycles. The van der Waals surface area contributed by atoms with Gasteiger partial charge < -0.3 is 16.1 Å². The van der Waals surface area contributed by atoms with Crippen molar-refractivity contribution in [1.82, 2.24) is 10.3 Å². The summed E-state index contributed by atoms with van der Waals surface area (Å²) in [4.78, 5) is 0. The molecule has 0 fully saturated rings. The first-order chi connectivity index (χ1) is 12.2. The number of hydrogen-bond acceptors (Lipinski definition) is 4. The van der Waals surface area contributed by atoms with Crippen LogP contribution in [0.4, 0.5) is 0 Å². The van der Waals surface area contributed by atoms with Gasteiger partial charge in [-0.15, -0.1) is 0 Å². The van der Waals surface area contributed by atoms with Gasteiger partial charge in [0.1, 0.15) is 0 Å². The average molecular weight is 361 g/mol. The molecular formula is C21H52N4. The highest BCUT2D eigenvalue weighted by atomic mass is 15.4. The molecule has 0 atom stereocenters. The van der Waals surface area contributed by atoms with E-state index in [-0.39, 0.29) is 0 Å². The molecule has 156 valence electrons. The Morgan fingerprint density at radius 1 is 0.800 bits per heavy atom. The first-order valence-electron chi connectivity index (χ1n) is 10.8. The Hall–Kier alpha value is -0.740. The Morgan fingerprint density at radius 3 is 1.60 bits per heavy atom. The van der Waals surface area contributed by atoms with E-state index in [2.05, 4.69) is 5.32 Å². The fourth-order valence-electron chi connectivity index (χ4n) is 2.03. The van der Waals surface area contributed by atoms with Crippen molar-refractivity contribution in [2.45, 2.75) is 106 Å². The van der Waals surface area contributed by atoms with Crippen LogP contribution in [-0.4, -0.2) is 25.1 Å². The van der Waals surface area contributed by atoms with Crippen LogP contribution in [0.1, 0.15) is 106 Å². The van der Waals surface area contributed by atoms with E-state index >= 15 is 0 Å². The zero-order valence-electron chi connectivity index (χ0n) is 19.0. The molecule has 0 amide bonds. The second-order valence-electron chi connectivity index (χ2n) is 5.23. The lowest BCUT2D eigenvalue weighted by Gasteiger charge is -2.14. The van der Waals surface area contributed by atoms with Crippen molar-refractivity contribution in [2.75, 3.05) is 20.1 Å². The van der Waals surface area contributed by atoms with Gasteiger partial charge in [-0.3, -0.25) is 0 Å². The molecule has 0 bridgehead atoms. The normalized spacial score (nSPS) is 9.72. The number of unbranched alkanes of at least 4 members (excludes halogenated alkanes) is 7. The van der Waals surface area contributed by atoms with Crippen LogP contribution < -0.4 is 16.9 Å². The maximum absolute atomic E-state index is 5.83. The van der Waals surface area contributed by atoms with E-state index in [1.165, 1.54) is 44.9 Å². The summed E-state index contributed by atoms with van der Waals surface area (Å²) in [6.45, 7) is 16.1. The van der Waals surface area contributed by atoms with Crippen molar-refractivity contribution in [3.63, 3.8) is 0 Å². The summed E-state index contributed by atoms with van der Waals surface area (Å²) in [6.07, 6.45) is 13.2. The maximum Gasteiger partial charge on any atom is 0.0342 e. The lowest BCUT2D eigenvalue weighted by Crippen LogP contribution is -2.27. The molecule has 4 nitrogen and oxygen atoms in total. The molecule has 0 aliphatic carbocycles. The average Bonchev–Trinajstić information content (AvgIpc) is 2.68. The van der Waals surface area contributed by atoms with Crippen LogP contribution in [0.5, 0.6) is 0 Å². The van der Waals surface area contributed by atoms with Gasteiger partial charge in [-0.05, 0) is 32.9 Å². The van der Waals surface area contributed by atoms with Gasteiger partial charge in [0, 0.05) is 18.4 Å². The summed E-state index contributed by atoms with van der Waals surface area (Å²) in [7, 11) is 2.02. The van der Waals surface area contributed by atoms with Crippen LogP contribution in [0.25, 0.3) is 0 Å². The highest BCUT2D eigenvalue weighted by Gasteiger charge is 1.96. The molecule has 0 aromatic heterocycles.